The Balaban J connectivity index is 2.09. The zero-order chi connectivity index (χ0) is 14.8. The summed E-state index contributed by atoms with van der Waals surface area (Å²) in [6, 6.07) is 1.68. The first-order valence-electron chi connectivity index (χ1n) is 8.45. The summed E-state index contributed by atoms with van der Waals surface area (Å²) < 4.78 is 5.51. The third-order valence-electron chi connectivity index (χ3n) is 4.21. The number of nitrogens with one attached hydrogen (secondary N) is 2. The summed E-state index contributed by atoms with van der Waals surface area (Å²) in [5.41, 5.74) is 0. The van der Waals surface area contributed by atoms with Crippen LogP contribution in [0.2, 0.25) is 0 Å². The SMILES string of the molecule is CCN(CC)CCCC(C)NC(C)CC1COCCN1. The van der Waals surface area contributed by atoms with Crippen LogP contribution in [0.25, 0.3) is 0 Å². The molecule has 1 saturated heterocycles. The molecule has 1 fully saturated rings. The molecule has 4 heteroatoms. The third kappa shape index (κ3) is 7.58. The molecular weight excluding hydrogens is 250 g/mol. The van der Waals surface area contributed by atoms with Crippen LogP contribution in [0.15, 0.2) is 0 Å². The van der Waals surface area contributed by atoms with E-state index in [2.05, 4.69) is 43.2 Å². The smallest absolute Gasteiger partial charge is 0.0620 e. The van der Waals surface area contributed by atoms with Gasteiger partial charge in [-0.2, -0.15) is 0 Å². The lowest BCUT2D eigenvalue weighted by molar-refractivity contribution is 0.0707. The number of morpholine rings is 1. The Bertz CT molecular complexity index is 228. The van der Waals surface area contributed by atoms with Gasteiger partial charge in [0.15, 0.2) is 0 Å². The molecule has 0 spiro atoms. The first-order valence-corrected chi connectivity index (χ1v) is 8.45. The highest BCUT2D eigenvalue weighted by atomic mass is 16.5. The van der Waals surface area contributed by atoms with Gasteiger partial charge in [0.1, 0.15) is 0 Å². The maximum Gasteiger partial charge on any atom is 0.0620 e. The van der Waals surface area contributed by atoms with Crippen molar-refractivity contribution in [2.45, 2.75) is 65.1 Å². The maximum atomic E-state index is 5.51. The number of rotatable bonds is 10. The molecule has 3 atom stereocenters. The predicted molar refractivity (Wildman–Crippen MR) is 86.3 cm³/mol. The van der Waals surface area contributed by atoms with Crippen molar-refractivity contribution in [2.75, 3.05) is 39.4 Å². The van der Waals surface area contributed by atoms with Gasteiger partial charge in [-0.3, -0.25) is 0 Å². The van der Waals surface area contributed by atoms with Gasteiger partial charge in [-0.05, 0) is 52.7 Å². The molecule has 0 radical (unpaired) electrons. The number of hydrogen-bond donors (Lipinski definition) is 2. The van der Waals surface area contributed by atoms with Crippen molar-refractivity contribution in [1.29, 1.82) is 0 Å². The number of ether oxygens (including phenoxy) is 1. The number of hydrogen-bond acceptors (Lipinski definition) is 4. The minimum atomic E-state index is 0.522. The van der Waals surface area contributed by atoms with Gasteiger partial charge >= 0.3 is 0 Å². The average molecular weight is 285 g/mol. The second-order valence-corrected chi connectivity index (χ2v) is 6.10. The molecule has 4 nitrogen and oxygen atoms in total. The van der Waals surface area contributed by atoms with Gasteiger partial charge in [-0.25, -0.2) is 0 Å². The molecule has 0 aromatic heterocycles. The fraction of sp³-hybridized carbons (Fsp3) is 1.00. The largest absolute Gasteiger partial charge is 0.379 e. The highest BCUT2D eigenvalue weighted by Gasteiger charge is 2.17. The summed E-state index contributed by atoms with van der Waals surface area (Å²) in [5.74, 6) is 0. The van der Waals surface area contributed by atoms with Crippen molar-refractivity contribution in [3.8, 4) is 0 Å². The van der Waals surface area contributed by atoms with Crippen LogP contribution in [0.5, 0.6) is 0 Å². The van der Waals surface area contributed by atoms with Gasteiger partial charge in [-0.1, -0.05) is 13.8 Å². The van der Waals surface area contributed by atoms with Gasteiger partial charge in [0.05, 0.1) is 13.2 Å². The molecule has 1 aliphatic rings. The highest BCUT2D eigenvalue weighted by Crippen LogP contribution is 2.06. The monoisotopic (exact) mass is 285 g/mol. The molecule has 1 heterocycles. The second-order valence-electron chi connectivity index (χ2n) is 6.10. The quantitative estimate of drug-likeness (QED) is 0.642. The molecule has 120 valence electrons. The Hall–Kier alpha value is -0.160. The average Bonchev–Trinajstić information content (AvgIpc) is 2.44. The Labute approximate surface area is 125 Å². The van der Waals surface area contributed by atoms with E-state index in [-0.39, 0.29) is 0 Å². The first-order chi connectivity index (χ1) is 9.65. The van der Waals surface area contributed by atoms with E-state index in [1.54, 1.807) is 0 Å². The Morgan fingerprint density at radius 1 is 1.25 bits per heavy atom. The fourth-order valence-corrected chi connectivity index (χ4v) is 3.00. The van der Waals surface area contributed by atoms with Gasteiger partial charge < -0.3 is 20.3 Å². The van der Waals surface area contributed by atoms with Gasteiger partial charge in [0.2, 0.25) is 0 Å². The van der Waals surface area contributed by atoms with E-state index >= 15 is 0 Å². The van der Waals surface area contributed by atoms with Crippen molar-refractivity contribution in [3.05, 3.63) is 0 Å². The second kappa shape index (κ2) is 10.6. The molecule has 1 rings (SSSR count). The molecule has 0 aromatic carbocycles. The van der Waals surface area contributed by atoms with Crippen LogP contribution < -0.4 is 10.6 Å². The lowest BCUT2D eigenvalue weighted by atomic mass is 10.1. The van der Waals surface area contributed by atoms with E-state index in [1.165, 1.54) is 32.5 Å². The van der Waals surface area contributed by atoms with Gasteiger partial charge in [-0.15, -0.1) is 0 Å². The van der Waals surface area contributed by atoms with E-state index in [0.29, 0.717) is 18.1 Å². The molecule has 0 saturated carbocycles. The van der Waals surface area contributed by atoms with E-state index in [0.717, 1.165) is 26.2 Å². The zero-order valence-corrected chi connectivity index (χ0v) is 14.0. The number of nitrogens with zero attached hydrogens (tertiary/aromatic N) is 1. The molecule has 20 heavy (non-hydrogen) atoms. The van der Waals surface area contributed by atoms with Crippen LogP contribution in [-0.4, -0.2) is 62.4 Å². The zero-order valence-electron chi connectivity index (χ0n) is 14.0. The first kappa shape index (κ1) is 17.9. The molecule has 2 N–H and O–H groups in total. The molecular formula is C16H35N3O. The lowest BCUT2D eigenvalue weighted by Crippen LogP contribution is -2.46. The minimum absolute atomic E-state index is 0.522. The standard InChI is InChI=1S/C16H35N3O/c1-5-19(6-2)10-7-8-14(3)18-15(4)12-16-13-20-11-9-17-16/h14-18H,5-13H2,1-4H3. The molecule has 3 unspecified atom stereocenters. The Kier molecular flexibility index (Phi) is 9.44. The highest BCUT2D eigenvalue weighted by molar-refractivity contribution is 4.77. The summed E-state index contributed by atoms with van der Waals surface area (Å²) in [7, 11) is 0. The fourth-order valence-electron chi connectivity index (χ4n) is 3.00. The van der Waals surface area contributed by atoms with Crippen LogP contribution in [0, 0.1) is 0 Å². The molecule has 0 aromatic rings. The van der Waals surface area contributed by atoms with E-state index in [4.69, 9.17) is 4.74 Å². The van der Waals surface area contributed by atoms with Crippen molar-refractivity contribution >= 4 is 0 Å². The third-order valence-corrected chi connectivity index (χ3v) is 4.21. The molecule has 0 amide bonds. The normalized spacial score (nSPS) is 22.9. The Morgan fingerprint density at radius 2 is 2.00 bits per heavy atom. The predicted octanol–water partition coefficient (Wildman–Crippen LogP) is 1.85. The van der Waals surface area contributed by atoms with Crippen LogP contribution in [0.4, 0.5) is 0 Å². The van der Waals surface area contributed by atoms with Crippen molar-refractivity contribution in [1.82, 2.24) is 15.5 Å². The molecule has 0 bridgehead atoms. The summed E-state index contributed by atoms with van der Waals surface area (Å²) >= 11 is 0. The van der Waals surface area contributed by atoms with Gasteiger partial charge in [0, 0.05) is 24.7 Å². The van der Waals surface area contributed by atoms with E-state index < -0.39 is 0 Å². The Morgan fingerprint density at radius 3 is 2.60 bits per heavy atom. The van der Waals surface area contributed by atoms with Crippen LogP contribution >= 0.6 is 0 Å². The van der Waals surface area contributed by atoms with Gasteiger partial charge in [0.25, 0.3) is 0 Å². The summed E-state index contributed by atoms with van der Waals surface area (Å²) in [5, 5.41) is 7.25. The van der Waals surface area contributed by atoms with Crippen molar-refractivity contribution in [2.24, 2.45) is 0 Å². The van der Waals surface area contributed by atoms with Crippen molar-refractivity contribution < 1.29 is 4.74 Å². The summed E-state index contributed by atoms with van der Waals surface area (Å²) in [6.07, 6.45) is 3.70. The summed E-state index contributed by atoms with van der Waals surface area (Å²) in [4.78, 5) is 2.50. The van der Waals surface area contributed by atoms with Crippen LogP contribution in [0.3, 0.4) is 0 Å². The lowest BCUT2D eigenvalue weighted by Gasteiger charge is -2.28. The van der Waals surface area contributed by atoms with Crippen LogP contribution in [-0.2, 0) is 4.74 Å². The topological polar surface area (TPSA) is 36.5 Å². The molecule has 0 aliphatic carbocycles. The molecule has 1 aliphatic heterocycles. The minimum Gasteiger partial charge on any atom is -0.379 e. The maximum absolute atomic E-state index is 5.51. The summed E-state index contributed by atoms with van der Waals surface area (Å²) in [6.45, 7) is 15.4. The van der Waals surface area contributed by atoms with Crippen molar-refractivity contribution in [3.63, 3.8) is 0 Å². The van der Waals surface area contributed by atoms with E-state index in [9.17, 15) is 0 Å². The van der Waals surface area contributed by atoms with Crippen LogP contribution in [0.1, 0.15) is 47.0 Å². The van der Waals surface area contributed by atoms with E-state index in [1.807, 2.05) is 0 Å².